The van der Waals surface area contributed by atoms with E-state index in [0.717, 1.165) is 35.2 Å². The summed E-state index contributed by atoms with van der Waals surface area (Å²) in [5.41, 5.74) is 9.30. The molecule has 0 unspecified atom stereocenters. The van der Waals surface area contributed by atoms with Crippen LogP contribution in [0.15, 0.2) is 35.3 Å². The minimum Gasteiger partial charge on any atom is -0.443 e. The molecule has 1 fully saturated rings. The lowest BCUT2D eigenvalue weighted by Crippen LogP contribution is -2.38. The third-order valence-corrected chi connectivity index (χ3v) is 4.03. The molecule has 0 saturated heterocycles. The number of aryl methyl sites for hydroxylation is 1. The molecular formula is C21H32N4O2. The Morgan fingerprint density at radius 3 is 2.59 bits per heavy atom. The maximum atomic E-state index is 12.7. The van der Waals surface area contributed by atoms with Gasteiger partial charge in [-0.15, -0.1) is 0 Å². The summed E-state index contributed by atoms with van der Waals surface area (Å²) in [6, 6.07) is 6.23. The fourth-order valence-electron chi connectivity index (χ4n) is 2.65. The summed E-state index contributed by atoms with van der Waals surface area (Å²) in [5.74, 6) is 0.396. The Kier molecular flexibility index (Phi) is 6.52. The molecule has 0 atom stereocenters. The van der Waals surface area contributed by atoms with Gasteiger partial charge in [0.25, 0.3) is 0 Å². The molecule has 0 aliphatic heterocycles. The number of nitrogens with two attached hydrogens (primary N) is 1. The molecule has 27 heavy (non-hydrogen) atoms. The minimum atomic E-state index is -0.513. The molecule has 0 spiro atoms. The highest BCUT2D eigenvalue weighted by Crippen LogP contribution is 2.35. The Hall–Kier alpha value is -2.50. The van der Waals surface area contributed by atoms with Crippen molar-refractivity contribution in [2.24, 2.45) is 10.7 Å². The van der Waals surface area contributed by atoms with Crippen molar-refractivity contribution in [3.63, 3.8) is 0 Å². The van der Waals surface area contributed by atoms with Crippen molar-refractivity contribution in [2.45, 2.75) is 65.6 Å². The molecular weight excluding hydrogens is 340 g/mol. The third-order valence-electron chi connectivity index (χ3n) is 4.03. The Morgan fingerprint density at radius 1 is 1.41 bits per heavy atom. The van der Waals surface area contributed by atoms with Crippen molar-refractivity contribution in [2.75, 3.05) is 11.4 Å². The maximum Gasteiger partial charge on any atom is 0.415 e. The second-order valence-electron chi connectivity index (χ2n) is 8.21. The first-order valence-electron chi connectivity index (χ1n) is 9.37. The van der Waals surface area contributed by atoms with Crippen LogP contribution in [0.1, 0.15) is 51.7 Å². The summed E-state index contributed by atoms with van der Waals surface area (Å²) in [7, 11) is 0. The highest BCUT2D eigenvalue weighted by atomic mass is 16.6. The van der Waals surface area contributed by atoms with Gasteiger partial charge in [0.05, 0.1) is 12.2 Å². The molecule has 2 rings (SSSR count). The minimum absolute atomic E-state index is 0.226. The lowest BCUT2D eigenvalue weighted by Gasteiger charge is -2.28. The molecule has 6 heteroatoms. The van der Waals surface area contributed by atoms with Crippen LogP contribution in [0.25, 0.3) is 0 Å². The lowest BCUT2D eigenvalue weighted by molar-refractivity contribution is 0.0577. The van der Waals surface area contributed by atoms with E-state index in [0.29, 0.717) is 19.0 Å². The lowest BCUT2D eigenvalue weighted by atomic mass is 10.1. The van der Waals surface area contributed by atoms with Gasteiger partial charge in [-0.2, -0.15) is 0 Å². The molecule has 0 bridgehead atoms. The number of nitrogens with zero attached hydrogens (tertiary/aromatic N) is 2. The molecule has 0 heterocycles. The van der Waals surface area contributed by atoms with Crippen molar-refractivity contribution in [3.8, 4) is 0 Å². The van der Waals surface area contributed by atoms with Gasteiger partial charge in [0.15, 0.2) is 5.96 Å². The van der Waals surface area contributed by atoms with Crippen LogP contribution in [0, 0.1) is 6.92 Å². The van der Waals surface area contributed by atoms with Gasteiger partial charge in [-0.05, 0) is 64.7 Å². The van der Waals surface area contributed by atoms with Crippen molar-refractivity contribution >= 4 is 17.7 Å². The summed E-state index contributed by atoms with van der Waals surface area (Å²) in [6.07, 6.45) is 1.73. The molecule has 0 radical (unpaired) electrons. The van der Waals surface area contributed by atoms with Crippen molar-refractivity contribution in [1.29, 1.82) is 0 Å². The molecule has 1 aromatic carbocycles. The van der Waals surface area contributed by atoms with Gasteiger partial charge in [-0.1, -0.05) is 24.3 Å². The number of benzene rings is 1. The van der Waals surface area contributed by atoms with E-state index in [-0.39, 0.29) is 12.1 Å². The molecule has 0 aromatic heterocycles. The molecule has 3 N–H and O–H groups in total. The summed E-state index contributed by atoms with van der Waals surface area (Å²) >= 11 is 0. The van der Waals surface area contributed by atoms with Gasteiger partial charge in [-0.3, -0.25) is 4.90 Å². The summed E-state index contributed by atoms with van der Waals surface area (Å²) < 4.78 is 5.60. The fourth-order valence-corrected chi connectivity index (χ4v) is 2.65. The molecule has 6 nitrogen and oxygen atoms in total. The number of aliphatic imine (C=N–C) groups is 1. The molecule has 1 saturated carbocycles. The SMILES string of the molecule is C=C(C)CNC(N)=NCc1ccc(N(C(=O)OC(C)(C)C)C2CC2)c(C)c1. The summed E-state index contributed by atoms with van der Waals surface area (Å²) in [5, 5.41) is 3.02. The predicted octanol–water partition coefficient (Wildman–Crippen LogP) is 3.88. The van der Waals surface area contributed by atoms with Crippen molar-refractivity contribution in [1.82, 2.24) is 5.32 Å². The number of hydrogen-bond donors (Lipinski definition) is 2. The second kappa shape index (κ2) is 8.46. The number of carbonyl (C=O) groups is 1. The van der Waals surface area contributed by atoms with E-state index < -0.39 is 5.60 Å². The van der Waals surface area contributed by atoms with Gasteiger partial charge in [0.2, 0.25) is 0 Å². The van der Waals surface area contributed by atoms with E-state index in [1.54, 1.807) is 4.90 Å². The second-order valence-corrected chi connectivity index (χ2v) is 8.21. The standard InChI is InChI=1S/C21H32N4O2/c1-14(2)12-23-19(22)24-13-16-7-10-18(15(3)11-16)25(17-8-9-17)20(26)27-21(4,5)6/h7,10-11,17H,1,8-9,12-13H2,2-6H3,(H3,22,23,24). The Morgan fingerprint density at radius 2 is 2.07 bits per heavy atom. The fraction of sp³-hybridized carbons (Fsp3) is 0.524. The monoisotopic (exact) mass is 372 g/mol. The van der Waals surface area contributed by atoms with Crippen LogP contribution in [0.5, 0.6) is 0 Å². The highest BCUT2D eigenvalue weighted by molar-refractivity contribution is 5.90. The third kappa shape index (κ3) is 6.62. The first kappa shape index (κ1) is 20.8. The maximum absolute atomic E-state index is 12.7. The number of anilines is 1. The number of guanidine groups is 1. The number of ether oxygens (including phenoxy) is 1. The number of rotatable bonds is 6. The average Bonchev–Trinajstić information content (AvgIpc) is 3.36. The molecule has 1 aliphatic carbocycles. The smallest absolute Gasteiger partial charge is 0.415 e. The number of nitrogens with one attached hydrogen (secondary N) is 1. The first-order chi connectivity index (χ1) is 12.6. The molecule has 148 valence electrons. The highest BCUT2D eigenvalue weighted by Gasteiger charge is 2.37. The summed E-state index contributed by atoms with van der Waals surface area (Å²) in [4.78, 5) is 18.8. The van der Waals surface area contributed by atoms with Gasteiger partial charge in [0.1, 0.15) is 5.60 Å². The quantitative estimate of drug-likeness (QED) is 0.451. The van der Waals surface area contributed by atoms with Crippen LogP contribution in [-0.4, -0.2) is 30.2 Å². The van der Waals surface area contributed by atoms with Crippen LogP contribution in [0.4, 0.5) is 10.5 Å². The van der Waals surface area contributed by atoms with E-state index in [2.05, 4.69) is 16.9 Å². The van der Waals surface area contributed by atoms with Crippen LogP contribution < -0.4 is 16.0 Å². The van der Waals surface area contributed by atoms with Gasteiger partial charge in [0, 0.05) is 12.6 Å². The zero-order valence-corrected chi connectivity index (χ0v) is 17.1. The van der Waals surface area contributed by atoms with E-state index in [1.807, 2.05) is 52.8 Å². The van der Waals surface area contributed by atoms with Crippen molar-refractivity contribution in [3.05, 3.63) is 41.5 Å². The van der Waals surface area contributed by atoms with Gasteiger partial charge >= 0.3 is 6.09 Å². The number of amides is 1. The Labute approximate surface area is 162 Å². The molecule has 1 aromatic rings. The molecule has 1 aliphatic rings. The zero-order valence-electron chi connectivity index (χ0n) is 17.1. The van der Waals surface area contributed by atoms with Crippen LogP contribution >= 0.6 is 0 Å². The Bertz CT molecular complexity index is 730. The number of carbonyl (C=O) groups excluding carboxylic acids is 1. The normalized spacial score (nSPS) is 14.6. The zero-order chi connectivity index (χ0) is 20.2. The number of hydrogen-bond acceptors (Lipinski definition) is 3. The van der Waals surface area contributed by atoms with Crippen LogP contribution in [0.2, 0.25) is 0 Å². The van der Waals surface area contributed by atoms with Gasteiger partial charge < -0.3 is 15.8 Å². The largest absolute Gasteiger partial charge is 0.443 e. The predicted molar refractivity (Wildman–Crippen MR) is 111 cm³/mol. The van der Waals surface area contributed by atoms with E-state index in [9.17, 15) is 4.79 Å². The van der Waals surface area contributed by atoms with E-state index in [4.69, 9.17) is 10.5 Å². The van der Waals surface area contributed by atoms with Crippen LogP contribution in [0.3, 0.4) is 0 Å². The van der Waals surface area contributed by atoms with E-state index in [1.165, 1.54) is 0 Å². The van der Waals surface area contributed by atoms with Crippen LogP contribution in [-0.2, 0) is 11.3 Å². The first-order valence-corrected chi connectivity index (χ1v) is 9.37. The van der Waals surface area contributed by atoms with Gasteiger partial charge in [-0.25, -0.2) is 9.79 Å². The topological polar surface area (TPSA) is 80.0 Å². The van der Waals surface area contributed by atoms with Crippen molar-refractivity contribution < 1.29 is 9.53 Å². The molecule has 1 amide bonds. The summed E-state index contributed by atoms with van der Waals surface area (Å²) in [6.45, 7) is 14.5. The van der Waals surface area contributed by atoms with E-state index >= 15 is 0 Å². The Balaban J connectivity index is 2.11. The average molecular weight is 373 g/mol.